The van der Waals surface area contributed by atoms with Crippen LogP contribution < -0.4 is 5.43 Å². The van der Waals surface area contributed by atoms with Crippen LogP contribution >= 0.6 is 15.9 Å². The van der Waals surface area contributed by atoms with Crippen LogP contribution in [0.25, 0.3) is 11.0 Å². The molecule has 9 nitrogen and oxygen atoms in total. The smallest absolute Gasteiger partial charge is 0.290 e. The summed E-state index contributed by atoms with van der Waals surface area (Å²) in [6.07, 6.45) is 0.711. The van der Waals surface area contributed by atoms with Crippen LogP contribution in [0.3, 0.4) is 0 Å². The molecule has 3 aromatic rings. The van der Waals surface area contributed by atoms with Gasteiger partial charge in [0.25, 0.3) is 11.6 Å². The van der Waals surface area contributed by atoms with E-state index in [1.54, 1.807) is 35.2 Å². The molecular weight excluding hydrogens is 506 g/mol. The summed E-state index contributed by atoms with van der Waals surface area (Å²) in [4.78, 5) is 41.6. The van der Waals surface area contributed by atoms with E-state index < -0.39 is 11.0 Å². The number of amides is 1. The Morgan fingerprint density at radius 2 is 1.79 bits per heavy atom. The van der Waals surface area contributed by atoms with Crippen LogP contribution in [0.15, 0.2) is 56.1 Å². The Hall–Kier alpha value is -3.08. The molecule has 1 saturated heterocycles. The summed E-state index contributed by atoms with van der Waals surface area (Å²) in [6, 6.07) is 10.4. The summed E-state index contributed by atoms with van der Waals surface area (Å²) in [5, 5.41) is 11.5. The van der Waals surface area contributed by atoms with Crippen molar-refractivity contribution in [2.45, 2.75) is 12.5 Å². The van der Waals surface area contributed by atoms with Crippen molar-refractivity contribution in [1.29, 1.82) is 0 Å². The van der Waals surface area contributed by atoms with E-state index >= 15 is 0 Å². The van der Waals surface area contributed by atoms with Gasteiger partial charge in [0.05, 0.1) is 35.1 Å². The van der Waals surface area contributed by atoms with Gasteiger partial charge in [-0.1, -0.05) is 15.9 Å². The number of nitro benzene ring substituents is 1. The minimum atomic E-state index is -0.673. The van der Waals surface area contributed by atoms with Crippen LogP contribution in [-0.2, 0) is 4.74 Å². The number of non-ortho nitro benzene ring substituents is 1. The number of fused-ring (bicyclic) bond motifs is 2. The average molecular weight is 528 g/mol. The van der Waals surface area contributed by atoms with Gasteiger partial charge in [0.1, 0.15) is 5.58 Å². The predicted molar refractivity (Wildman–Crippen MR) is 128 cm³/mol. The van der Waals surface area contributed by atoms with Gasteiger partial charge in [0, 0.05) is 42.8 Å². The van der Waals surface area contributed by atoms with Gasteiger partial charge >= 0.3 is 0 Å². The van der Waals surface area contributed by atoms with Gasteiger partial charge in [-0.15, -0.1) is 0 Å². The van der Waals surface area contributed by atoms with Gasteiger partial charge < -0.3 is 14.1 Å². The van der Waals surface area contributed by atoms with Crippen molar-refractivity contribution in [3.05, 3.63) is 84.2 Å². The number of hydrogen-bond donors (Lipinski definition) is 0. The number of nitrogens with zero attached hydrogens (tertiary/aromatic N) is 3. The highest BCUT2D eigenvalue weighted by Gasteiger charge is 2.42. The molecule has 1 unspecified atom stereocenters. The van der Waals surface area contributed by atoms with E-state index in [-0.39, 0.29) is 28.3 Å². The van der Waals surface area contributed by atoms with Crippen molar-refractivity contribution in [3.8, 4) is 0 Å². The molecule has 1 amide bonds. The van der Waals surface area contributed by atoms with E-state index in [1.165, 1.54) is 12.1 Å². The van der Waals surface area contributed by atoms with Gasteiger partial charge in [-0.3, -0.25) is 24.6 Å². The third-order valence-corrected chi connectivity index (χ3v) is 6.82. The first-order chi connectivity index (χ1) is 16.4. The van der Waals surface area contributed by atoms with Gasteiger partial charge in [-0.25, -0.2) is 0 Å². The SMILES string of the molecule is O=C1c2oc3ccc(Br)cc3c(=O)c2C(c2ccc([N+](=O)[O-])cc2)N1CCCN1CCOCC1. The molecule has 5 rings (SSSR count). The Kier molecular flexibility index (Phi) is 6.20. The fourth-order valence-electron chi connectivity index (χ4n) is 4.64. The molecule has 1 fully saturated rings. The summed E-state index contributed by atoms with van der Waals surface area (Å²) >= 11 is 3.39. The fourth-order valence-corrected chi connectivity index (χ4v) is 5.00. The van der Waals surface area contributed by atoms with Crippen LogP contribution in [0.2, 0.25) is 0 Å². The minimum absolute atomic E-state index is 0.0366. The quantitative estimate of drug-likeness (QED) is 0.355. The Balaban J connectivity index is 1.54. The Morgan fingerprint density at radius 3 is 2.50 bits per heavy atom. The lowest BCUT2D eigenvalue weighted by Gasteiger charge is -2.29. The molecule has 2 aliphatic rings. The average Bonchev–Trinajstić information content (AvgIpc) is 3.12. The maximum Gasteiger partial charge on any atom is 0.290 e. The van der Waals surface area contributed by atoms with Crippen molar-refractivity contribution in [3.63, 3.8) is 0 Å². The number of carbonyl (C=O) groups is 1. The summed E-state index contributed by atoms with van der Waals surface area (Å²) in [5.74, 6) is -0.309. The standard InChI is InChI=1S/C24H22BrN3O6/c25-16-4-7-19-18(14-16)22(29)20-21(15-2-5-17(6-3-15)28(31)32)27(24(30)23(20)34-19)9-1-8-26-10-12-33-13-11-26/h2-7,14,21H,1,8-13H2. The monoisotopic (exact) mass is 527 g/mol. The van der Waals surface area contributed by atoms with Crippen LogP contribution in [0, 0.1) is 10.1 Å². The number of rotatable bonds is 6. The molecular formula is C24H22BrN3O6. The summed E-state index contributed by atoms with van der Waals surface area (Å²) in [5.41, 5.74) is 0.922. The Morgan fingerprint density at radius 1 is 1.06 bits per heavy atom. The van der Waals surface area contributed by atoms with Crippen LogP contribution in [0.4, 0.5) is 5.69 Å². The topological polar surface area (TPSA) is 106 Å². The molecule has 0 radical (unpaired) electrons. The second kappa shape index (κ2) is 9.28. The van der Waals surface area contributed by atoms with E-state index in [1.807, 2.05) is 0 Å². The molecule has 1 atom stereocenters. The van der Waals surface area contributed by atoms with E-state index in [0.29, 0.717) is 42.7 Å². The zero-order valence-corrected chi connectivity index (χ0v) is 19.8. The van der Waals surface area contributed by atoms with E-state index in [9.17, 15) is 19.7 Å². The summed E-state index contributed by atoms with van der Waals surface area (Å²) in [7, 11) is 0. The van der Waals surface area contributed by atoms with Crippen molar-refractivity contribution in [1.82, 2.24) is 9.80 Å². The first kappa shape index (κ1) is 22.7. The molecule has 0 aliphatic carbocycles. The molecule has 34 heavy (non-hydrogen) atoms. The van der Waals surface area contributed by atoms with Crippen LogP contribution in [0.1, 0.15) is 34.1 Å². The Bertz CT molecular complexity index is 1320. The minimum Gasteiger partial charge on any atom is -0.450 e. The van der Waals surface area contributed by atoms with Crippen LogP contribution in [-0.4, -0.2) is 60.0 Å². The molecule has 0 spiro atoms. The fraction of sp³-hybridized carbons (Fsp3) is 0.333. The number of carbonyl (C=O) groups excluding carboxylic acids is 1. The third kappa shape index (κ3) is 4.13. The van der Waals surface area contributed by atoms with E-state index in [4.69, 9.17) is 9.15 Å². The van der Waals surface area contributed by atoms with Gasteiger partial charge in [0.15, 0.2) is 5.43 Å². The normalized spacial score (nSPS) is 18.4. The molecule has 10 heteroatoms. The molecule has 1 aromatic heterocycles. The first-order valence-electron chi connectivity index (χ1n) is 11.1. The van der Waals surface area contributed by atoms with Crippen molar-refractivity contribution < 1.29 is 18.9 Å². The Labute approximate surface area is 203 Å². The summed E-state index contributed by atoms with van der Waals surface area (Å²) in [6.45, 7) is 4.30. The van der Waals surface area contributed by atoms with Gasteiger partial charge in [-0.2, -0.15) is 0 Å². The lowest BCUT2D eigenvalue weighted by molar-refractivity contribution is -0.384. The highest BCUT2D eigenvalue weighted by atomic mass is 79.9. The maximum atomic E-state index is 13.6. The molecule has 0 saturated carbocycles. The number of ether oxygens (including phenoxy) is 1. The van der Waals surface area contributed by atoms with Crippen LogP contribution in [0.5, 0.6) is 0 Å². The zero-order chi connectivity index (χ0) is 23.8. The maximum absolute atomic E-state index is 13.6. The number of nitro groups is 1. The highest BCUT2D eigenvalue weighted by Crippen LogP contribution is 2.39. The number of hydrogen-bond acceptors (Lipinski definition) is 7. The van der Waals surface area contributed by atoms with E-state index in [0.717, 1.165) is 24.1 Å². The lowest BCUT2D eigenvalue weighted by Crippen LogP contribution is -2.38. The molecule has 0 bridgehead atoms. The molecule has 176 valence electrons. The van der Waals surface area contributed by atoms with Crippen molar-refractivity contribution >= 4 is 38.5 Å². The van der Waals surface area contributed by atoms with Crippen molar-refractivity contribution in [2.75, 3.05) is 39.4 Å². The zero-order valence-electron chi connectivity index (χ0n) is 18.2. The third-order valence-electron chi connectivity index (χ3n) is 6.32. The largest absolute Gasteiger partial charge is 0.450 e. The number of benzene rings is 2. The molecule has 2 aromatic carbocycles. The second-order valence-electron chi connectivity index (χ2n) is 8.37. The van der Waals surface area contributed by atoms with E-state index in [2.05, 4.69) is 20.8 Å². The number of morpholine rings is 1. The predicted octanol–water partition coefficient (Wildman–Crippen LogP) is 3.73. The molecule has 3 heterocycles. The second-order valence-corrected chi connectivity index (χ2v) is 9.29. The lowest BCUT2D eigenvalue weighted by atomic mass is 9.98. The van der Waals surface area contributed by atoms with Gasteiger partial charge in [-0.05, 0) is 42.3 Å². The van der Waals surface area contributed by atoms with Crippen molar-refractivity contribution in [2.24, 2.45) is 0 Å². The summed E-state index contributed by atoms with van der Waals surface area (Å²) < 4.78 is 12.1. The van der Waals surface area contributed by atoms with Gasteiger partial charge in [0.2, 0.25) is 5.76 Å². The molecule has 0 N–H and O–H groups in total. The highest BCUT2D eigenvalue weighted by molar-refractivity contribution is 9.10. The first-order valence-corrected chi connectivity index (χ1v) is 11.8. The molecule has 2 aliphatic heterocycles. The number of halogens is 1.